The minimum atomic E-state index is 0.816. The maximum atomic E-state index is 6.14. The van der Waals surface area contributed by atoms with Gasteiger partial charge in [-0.25, -0.2) is 4.99 Å². The van der Waals surface area contributed by atoms with Gasteiger partial charge in [-0.1, -0.05) is 46.3 Å². The van der Waals surface area contributed by atoms with E-state index >= 15 is 0 Å². The fraction of sp³-hybridized carbons (Fsp3) is 0.0455. The Morgan fingerprint density at radius 2 is 1.65 bits per heavy atom. The van der Waals surface area contributed by atoms with Gasteiger partial charge in [-0.15, -0.1) is 0 Å². The fourth-order valence-corrected chi connectivity index (χ4v) is 3.20. The zero-order valence-electron chi connectivity index (χ0n) is 14.2. The second kappa shape index (κ2) is 7.18. The van der Waals surface area contributed by atoms with Gasteiger partial charge in [0.1, 0.15) is 17.1 Å². The predicted molar refractivity (Wildman–Crippen MR) is 106 cm³/mol. The van der Waals surface area contributed by atoms with E-state index in [1.807, 2.05) is 72.8 Å². The van der Waals surface area contributed by atoms with Crippen molar-refractivity contribution < 1.29 is 14.1 Å². The summed E-state index contributed by atoms with van der Waals surface area (Å²) in [4.78, 5) is 3.50. The topological polar surface area (TPSA) is 36.3 Å². The van der Waals surface area contributed by atoms with Crippen molar-refractivity contribution >= 4 is 32.6 Å². The lowest BCUT2D eigenvalue weighted by atomic mass is 10.1. The summed E-state index contributed by atoms with van der Waals surface area (Å²) in [7, 11) is 1.66. The van der Waals surface area contributed by atoms with E-state index < -0.39 is 0 Å². The zero-order valence-corrected chi connectivity index (χ0v) is 15.8. The van der Waals surface area contributed by atoms with Gasteiger partial charge in [0.05, 0.1) is 18.6 Å². The van der Waals surface area contributed by atoms with E-state index in [0.29, 0.717) is 0 Å². The van der Waals surface area contributed by atoms with Crippen molar-refractivity contribution in [1.82, 2.24) is 0 Å². The van der Waals surface area contributed by atoms with Crippen molar-refractivity contribution in [3.63, 3.8) is 0 Å². The van der Waals surface area contributed by atoms with Gasteiger partial charge < -0.3 is 9.15 Å². The monoisotopic (exact) mass is 406 g/mol. The minimum absolute atomic E-state index is 0.816. The lowest BCUT2D eigenvalue weighted by Gasteiger charge is -2.03. The van der Waals surface area contributed by atoms with Crippen LogP contribution in [0.25, 0.3) is 22.3 Å². The number of fused-ring (bicyclic) bond motifs is 1. The molecular weight excluding hydrogens is 390 g/mol. The number of ether oxygens (including phenoxy) is 1. The highest BCUT2D eigenvalue weighted by Crippen LogP contribution is 2.23. The van der Waals surface area contributed by atoms with Crippen LogP contribution in [0.3, 0.4) is 0 Å². The second-order valence-electron chi connectivity index (χ2n) is 5.88. The van der Waals surface area contributed by atoms with Crippen LogP contribution in [0.5, 0.6) is 5.75 Å². The summed E-state index contributed by atoms with van der Waals surface area (Å²) in [5.41, 5.74) is 2.85. The highest BCUT2D eigenvalue weighted by atomic mass is 79.9. The van der Waals surface area contributed by atoms with E-state index in [1.165, 1.54) is 0 Å². The normalized spacial score (nSPS) is 11.7. The number of nitrogens with one attached hydrogen (secondary N) is 1. The molecule has 128 valence electrons. The van der Waals surface area contributed by atoms with Gasteiger partial charge in [-0.05, 0) is 30.3 Å². The van der Waals surface area contributed by atoms with Crippen molar-refractivity contribution in [3.8, 4) is 17.1 Å². The van der Waals surface area contributed by atoms with Crippen LogP contribution in [0.2, 0.25) is 0 Å². The molecule has 0 aliphatic carbocycles. The lowest BCUT2D eigenvalue weighted by molar-refractivity contribution is -0.400. The van der Waals surface area contributed by atoms with Crippen LogP contribution in [0, 0.1) is 0 Å². The summed E-state index contributed by atoms with van der Waals surface area (Å²) >= 11 is 3.55. The first-order valence-corrected chi connectivity index (χ1v) is 9.05. The smallest absolute Gasteiger partial charge is 0.218 e. The molecule has 1 N–H and O–H groups in total. The molecule has 4 rings (SSSR count). The van der Waals surface area contributed by atoms with Gasteiger partial charge in [0.15, 0.2) is 0 Å². The SMILES string of the molecule is COc1ccc([NH+]=c2cc(-c3ccccc3)oc3ccc(Br)cc23)cc1. The molecule has 0 fully saturated rings. The lowest BCUT2D eigenvalue weighted by Crippen LogP contribution is -2.70. The predicted octanol–water partition coefficient (Wildman–Crippen LogP) is 4.18. The Labute approximate surface area is 159 Å². The third-order valence-corrected chi connectivity index (χ3v) is 4.65. The molecule has 3 nitrogen and oxygen atoms in total. The Kier molecular flexibility index (Phi) is 4.59. The Hall–Kier alpha value is -2.85. The number of benzene rings is 3. The molecule has 1 heterocycles. The van der Waals surface area contributed by atoms with E-state index in [1.54, 1.807) is 7.11 Å². The highest BCUT2D eigenvalue weighted by Gasteiger charge is 2.10. The minimum Gasteiger partial charge on any atom is -0.497 e. The van der Waals surface area contributed by atoms with E-state index in [9.17, 15) is 0 Å². The quantitative estimate of drug-likeness (QED) is 0.553. The highest BCUT2D eigenvalue weighted by molar-refractivity contribution is 9.10. The van der Waals surface area contributed by atoms with Crippen LogP contribution in [0.4, 0.5) is 5.69 Å². The van der Waals surface area contributed by atoms with Crippen LogP contribution in [-0.2, 0) is 0 Å². The Morgan fingerprint density at radius 1 is 0.885 bits per heavy atom. The summed E-state index contributed by atoms with van der Waals surface area (Å²) in [6.45, 7) is 0. The number of rotatable bonds is 3. The van der Waals surface area contributed by atoms with E-state index in [0.717, 1.165) is 43.6 Å². The summed E-state index contributed by atoms with van der Waals surface area (Å²) in [6, 6.07) is 26.0. The number of methoxy groups -OCH3 is 1. The largest absolute Gasteiger partial charge is 0.497 e. The molecule has 4 heteroatoms. The molecule has 4 aromatic rings. The van der Waals surface area contributed by atoms with Gasteiger partial charge in [0.25, 0.3) is 0 Å². The zero-order chi connectivity index (χ0) is 17.9. The number of hydrogen-bond acceptors (Lipinski definition) is 2. The van der Waals surface area contributed by atoms with Crippen LogP contribution in [0.15, 0.2) is 87.8 Å². The van der Waals surface area contributed by atoms with Gasteiger partial charge in [0, 0.05) is 22.2 Å². The average Bonchev–Trinajstić information content (AvgIpc) is 2.69. The molecular formula is C22H17BrNO2+. The molecule has 0 saturated heterocycles. The van der Waals surface area contributed by atoms with Crippen molar-refractivity contribution in [1.29, 1.82) is 0 Å². The Balaban J connectivity index is 1.95. The molecule has 0 bridgehead atoms. The molecule has 0 spiro atoms. The fourth-order valence-electron chi connectivity index (χ4n) is 2.84. The maximum absolute atomic E-state index is 6.14. The van der Waals surface area contributed by atoms with Gasteiger partial charge in [-0.3, -0.25) is 0 Å². The van der Waals surface area contributed by atoms with E-state index in [2.05, 4.69) is 27.0 Å². The molecule has 3 aromatic carbocycles. The van der Waals surface area contributed by atoms with Gasteiger partial charge in [0.2, 0.25) is 11.0 Å². The summed E-state index contributed by atoms with van der Waals surface area (Å²) in [5, 5.41) is 1.99. The molecule has 0 unspecified atom stereocenters. The standard InChI is InChI=1S/C22H16BrNO2/c1-25-18-10-8-17(9-11-18)24-20-14-22(15-5-3-2-4-6-15)26-21-12-7-16(23)13-19(20)21/h2-14H,1H3/p+1. The summed E-state index contributed by atoms with van der Waals surface area (Å²) in [6.07, 6.45) is 0. The second-order valence-corrected chi connectivity index (χ2v) is 6.80. The third-order valence-electron chi connectivity index (χ3n) is 4.15. The van der Waals surface area contributed by atoms with Gasteiger partial charge >= 0.3 is 0 Å². The van der Waals surface area contributed by atoms with Crippen molar-refractivity contribution in [2.75, 3.05) is 7.11 Å². The van der Waals surface area contributed by atoms with Crippen LogP contribution in [0.1, 0.15) is 0 Å². The molecule has 0 aliphatic heterocycles. The third kappa shape index (κ3) is 3.41. The molecule has 1 aromatic heterocycles. The van der Waals surface area contributed by atoms with E-state index in [-0.39, 0.29) is 0 Å². The molecule has 0 amide bonds. The molecule has 0 atom stereocenters. The first kappa shape index (κ1) is 16.6. The Bertz CT molecular complexity index is 1120. The average molecular weight is 407 g/mol. The van der Waals surface area contributed by atoms with Crippen molar-refractivity contribution in [3.05, 3.63) is 88.7 Å². The van der Waals surface area contributed by atoms with E-state index in [4.69, 9.17) is 9.15 Å². The first-order valence-electron chi connectivity index (χ1n) is 8.26. The molecule has 26 heavy (non-hydrogen) atoms. The number of hydrogen-bond donors (Lipinski definition) is 1. The molecule has 0 aliphatic rings. The Morgan fingerprint density at radius 3 is 2.38 bits per heavy atom. The van der Waals surface area contributed by atoms with Crippen molar-refractivity contribution in [2.24, 2.45) is 0 Å². The molecule has 0 radical (unpaired) electrons. The van der Waals surface area contributed by atoms with Crippen LogP contribution >= 0.6 is 15.9 Å². The number of halogens is 1. The first-order chi connectivity index (χ1) is 12.7. The van der Waals surface area contributed by atoms with Crippen LogP contribution < -0.4 is 15.1 Å². The van der Waals surface area contributed by atoms with Gasteiger partial charge in [-0.2, -0.15) is 0 Å². The summed E-state index contributed by atoms with van der Waals surface area (Å²) < 4.78 is 12.4. The van der Waals surface area contributed by atoms with Crippen molar-refractivity contribution in [2.45, 2.75) is 0 Å². The summed E-state index contributed by atoms with van der Waals surface area (Å²) in [5.74, 6) is 1.65. The maximum Gasteiger partial charge on any atom is 0.218 e. The van der Waals surface area contributed by atoms with Crippen LogP contribution in [-0.4, -0.2) is 7.11 Å². The molecule has 0 saturated carbocycles.